The van der Waals surface area contributed by atoms with Crippen LogP contribution in [0.4, 0.5) is 4.39 Å². The number of fused-ring (bicyclic) bond motifs is 1. The van der Waals surface area contributed by atoms with E-state index in [-0.39, 0.29) is 23.7 Å². The van der Waals surface area contributed by atoms with Gasteiger partial charge in [-0.25, -0.2) is 17.5 Å². The monoisotopic (exact) mass is 390 g/mol. The highest BCUT2D eigenvalue weighted by Crippen LogP contribution is 2.25. The van der Waals surface area contributed by atoms with Crippen molar-refractivity contribution in [3.8, 4) is 0 Å². The van der Waals surface area contributed by atoms with E-state index in [9.17, 15) is 17.6 Å². The number of carbonyl (C=O) groups is 1. The van der Waals surface area contributed by atoms with Gasteiger partial charge in [0.2, 0.25) is 10.0 Å². The largest absolute Gasteiger partial charge is 0.451 e. The molecule has 27 heavy (non-hydrogen) atoms. The van der Waals surface area contributed by atoms with E-state index in [2.05, 4.69) is 10.0 Å². The van der Waals surface area contributed by atoms with Crippen molar-refractivity contribution in [1.29, 1.82) is 0 Å². The first-order chi connectivity index (χ1) is 12.8. The molecule has 6 nitrogen and oxygen atoms in total. The number of amides is 1. The zero-order valence-corrected chi connectivity index (χ0v) is 15.7. The van der Waals surface area contributed by atoms with Crippen molar-refractivity contribution < 1.29 is 22.0 Å². The molecule has 0 aliphatic heterocycles. The SMILES string of the molecule is Cc1ccc(S(=O)(=O)NCCNC(=O)c2oc3ccc(F)cc3c2C)cc1. The minimum Gasteiger partial charge on any atom is -0.451 e. The summed E-state index contributed by atoms with van der Waals surface area (Å²) in [5.41, 5.74) is 1.91. The summed E-state index contributed by atoms with van der Waals surface area (Å²) < 4.78 is 45.6. The lowest BCUT2D eigenvalue weighted by Crippen LogP contribution is -2.34. The lowest BCUT2D eigenvalue weighted by molar-refractivity contribution is 0.0928. The average molecular weight is 390 g/mol. The minimum atomic E-state index is -3.64. The zero-order valence-electron chi connectivity index (χ0n) is 14.9. The maximum absolute atomic E-state index is 13.3. The van der Waals surface area contributed by atoms with E-state index in [4.69, 9.17) is 4.42 Å². The maximum Gasteiger partial charge on any atom is 0.287 e. The summed E-state index contributed by atoms with van der Waals surface area (Å²) in [5.74, 6) is -0.820. The molecule has 0 bridgehead atoms. The highest BCUT2D eigenvalue weighted by molar-refractivity contribution is 7.89. The van der Waals surface area contributed by atoms with E-state index in [0.717, 1.165) is 5.56 Å². The Hall–Kier alpha value is -2.71. The topological polar surface area (TPSA) is 88.4 Å². The molecule has 8 heteroatoms. The molecule has 1 aromatic heterocycles. The van der Waals surface area contributed by atoms with Gasteiger partial charge in [0.1, 0.15) is 11.4 Å². The van der Waals surface area contributed by atoms with Gasteiger partial charge >= 0.3 is 0 Å². The summed E-state index contributed by atoms with van der Waals surface area (Å²) in [6, 6.07) is 10.5. The molecular formula is C19H19FN2O4S. The lowest BCUT2D eigenvalue weighted by atomic mass is 10.1. The van der Waals surface area contributed by atoms with Gasteiger partial charge in [0.05, 0.1) is 4.90 Å². The van der Waals surface area contributed by atoms with Gasteiger partial charge in [-0.2, -0.15) is 0 Å². The molecule has 0 fully saturated rings. The van der Waals surface area contributed by atoms with Gasteiger partial charge in [-0.05, 0) is 44.2 Å². The first-order valence-corrected chi connectivity index (χ1v) is 9.79. The van der Waals surface area contributed by atoms with E-state index < -0.39 is 21.7 Å². The quantitative estimate of drug-likeness (QED) is 0.634. The summed E-state index contributed by atoms with van der Waals surface area (Å²) in [7, 11) is -3.64. The molecule has 2 N–H and O–H groups in total. The lowest BCUT2D eigenvalue weighted by Gasteiger charge is -2.08. The van der Waals surface area contributed by atoms with Crippen LogP contribution in [0.1, 0.15) is 21.7 Å². The molecule has 0 atom stereocenters. The fraction of sp³-hybridized carbons (Fsp3) is 0.211. The Morgan fingerprint density at radius 2 is 1.78 bits per heavy atom. The molecule has 3 aromatic rings. The number of rotatable bonds is 6. The Morgan fingerprint density at radius 1 is 1.07 bits per heavy atom. The van der Waals surface area contributed by atoms with Crippen LogP contribution in [0.5, 0.6) is 0 Å². The molecule has 1 amide bonds. The van der Waals surface area contributed by atoms with E-state index in [0.29, 0.717) is 16.5 Å². The summed E-state index contributed by atoms with van der Waals surface area (Å²) >= 11 is 0. The number of benzene rings is 2. The second-order valence-corrected chi connectivity index (χ2v) is 7.93. The van der Waals surface area contributed by atoms with Crippen LogP contribution in [-0.4, -0.2) is 27.4 Å². The van der Waals surface area contributed by atoms with Crippen LogP contribution in [-0.2, 0) is 10.0 Å². The Morgan fingerprint density at radius 3 is 2.48 bits per heavy atom. The van der Waals surface area contributed by atoms with Crippen molar-refractivity contribution in [2.24, 2.45) is 0 Å². The minimum absolute atomic E-state index is 0.0237. The van der Waals surface area contributed by atoms with Crippen molar-refractivity contribution >= 4 is 26.9 Å². The summed E-state index contributed by atoms with van der Waals surface area (Å²) in [4.78, 5) is 12.4. The summed E-state index contributed by atoms with van der Waals surface area (Å²) in [6.07, 6.45) is 0. The van der Waals surface area contributed by atoms with Crippen molar-refractivity contribution in [3.63, 3.8) is 0 Å². The van der Waals surface area contributed by atoms with Gasteiger partial charge < -0.3 is 9.73 Å². The van der Waals surface area contributed by atoms with Crippen LogP contribution in [0.3, 0.4) is 0 Å². The number of sulfonamides is 1. The van der Waals surface area contributed by atoms with Gasteiger partial charge in [0, 0.05) is 24.0 Å². The van der Waals surface area contributed by atoms with Crippen LogP contribution >= 0.6 is 0 Å². The number of hydrogen-bond acceptors (Lipinski definition) is 4. The molecule has 3 rings (SSSR count). The van der Waals surface area contributed by atoms with Crippen LogP contribution in [0.2, 0.25) is 0 Å². The average Bonchev–Trinajstić information content (AvgIpc) is 2.95. The van der Waals surface area contributed by atoms with Crippen molar-refractivity contribution in [2.45, 2.75) is 18.7 Å². The number of furan rings is 1. The Balaban J connectivity index is 1.60. The van der Waals surface area contributed by atoms with E-state index in [1.807, 2.05) is 6.92 Å². The molecule has 142 valence electrons. The second kappa shape index (κ2) is 7.50. The van der Waals surface area contributed by atoms with Crippen molar-refractivity contribution in [2.75, 3.05) is 13.1 Å². The zero-order chi connectivity index (χ0) is 19.6. The van der Waals surface area contributed by atoms with E-state index in [1.165, 1.54) is 30.3 Å². The Kier molecular flexibility index (Phi) is 5.29. The molecule has 0 aliphatic carbocycles. The highest BCUT2D eigenvalue weighted by atomic mass is 32.2. The number of nitrogens with one attached hydrogen (secondary N) is 2. The molecule has 0 unspecified atom stereocenters. The van der Waals surface area contributed by atoms with Gasteiger partial charge in [0.15, 0.2) is 5.76 Å². The van der Waals surface area contributed by atoms with Crippen molar-refractivity contribution in [3.05, 3.63) is 65.2 Å². The van der Waals surface area contributed by atoms with Gasteiger partial charge in [0.25, 0.3) is 5.91 Å². The third kappa shape index (κ3) is 4.17. The molecule has 0 saturated heterocycles. The summed E-state index contributed by atoms with van der Waals surface area (Å²) in [6.45, 7) is 3.64. The maximum atomic E-state index is 13.3. The highest BCUT2D eigenvalue weighted by Gasteiger charge is 2.18. The molecule has 0 aliphatic rings. The first-order valence-electron chi connectivity index (χ1n) is 8.31. The standard InChI is InChI=1S/C19H19FN2O4S/c1-12-3-6-15(7-4-12)27(24,25)22-10-9-21-19(23)18-13(2)16-11-14(20)5-8-17(16)26-18/h3-8,11,22H,9-10H2,1-2H3,(H,21,23). The van der Waals surface area contributed by atoms with E-state index >= 15 is 0 Å². The predicted molar refractivity (Wildman–Crippen MR) is 99.6 cm³/mol. The van der Waals surface area contributed by atoms with Crippen LogP contribution in [0.15, 0.2) is 51.8 Å². The molecular weight excluding hydrogens is 371 g/mol. The Bertz CT molecular complexity index is 1090. The number of carbonyl (C=O) groups excluding carboxylic acids is 1. The number of aryl methyl sites for hydroxylation is 2. The molecule has 2 aromatic carbocycles. The summed E-state index contributed by atoms with van der Waals surface area (Å²) in [5, 5.41) is 3.12. The third-order valence-corrected chi connectivity index (χ3v) is 5.62. The van der Waals surface area contributed by atoms with Crippen molar-refractivity contribution in [1.82, 2.24) is 10.0 Å². The van der Waals surface area contributed by atoms with Gasteiger partial charge in [-0.15, -0.1) is 0 Å². The number of hydrogen-bond donors (Lipinski definition) is 2. The molecule has 1 heterocycles. The second-order valence-electron chi connectivity index (χ2n) is 6.16. The molecule has 0 radical (unpaired) electrons. The third-order valence-electron chi connectivity index (χ3n) is 4.14. The van der Waals surface area contributed by atoms with Gasteiger partial charge in [-0.3, -0.25) is 4.79 Å². The first kappa shape index (κ1) is 19.1. The van der Waals surface area contributed by atoms with Crippen LogP contribution < -0.4 is 10.0 Å². The van der Waals surface area contributed by atoms with Crippen LogP contribution in [0, 0.1) is 19.7 Å². The fourth-order valence-corrected chi connectivity index (χ4v) is 3.68. The molecule has 0 spiro atoms. The smallest absolute Gasteiger partial charge is 0.287 e. The van der Waals surface area contributed by atoms with E-state index in [1.54, 1.807) is 19.1 Å². The van der Waals surface area contributed by atoms with Gasteiger partial charge in [-0.1, -0.05) is 17.7 Å². The Labute approximate surface area is 156 Å². The normalized spacial score (nSPS) is 11.7. The predicted octanol–water partition coefficient (Wildman–Crippen LogP) is 2.90. The molecule has 0 saturated carbocycles. The number of halogens is 1. The van der Waals surface area contributed by atoms with Crippen LogP contribution in [0.25, 0.3) is 11.0 Å². The fourth-order valence-electron chi connectivity index (χ4n) is 2.65.